The van der Waals surface area contributed by atoms with E-state index in [9.17, 15) is 4.79 Å². The van der Waals surface area contributed by atoms with Gasteiger partial charge in [0.1, 0.15) is 0 Å². The minimum Gasteiger partial charge on any atom is -0.341 e. The predicted octanol–water partition coefficient (Wildman–Crippen LogP) is 3.56. The standard InChI is InChI=1S/C17H25ClN2O/c1-2-3-5-17(21)20-11-4-10-19(12-13-20)14-15-6-8-16(18)9-7-15/h6-9H,2-5,10-14H2,1H3. The number of amides is 1. The van der Waals surface area contributed by atoms with Crippen molar-refractivity contribution in [3.05, 3.63) is 34.9 Å². The van der Waals surface area contributed by atoms with E-state index in [1.54, 1.807) is 0 Å². The molecule has 1 heterocycles. The summed E-state index contributed by atoms with van der Waals surface area (Å²) in [6.45, 7) is 6.84. The minimum absolute atomic E-state index is 0.324. The van der Waals surface area contributed by atoms with Crippen LogP contribution >= 0.6 is 11.6 Å². The first-order chi connectivity index (χ1) is 10.2. The SMILES string of the molecule is CCCCC(=O)N1CCCN(Cc2ccc(Cl)cc2)CC1. The van der Waals surface area contributed by atoms with E-state index in [1.165, 1.54) is 5.56 Å². The summed E-state index contributed by atoms with van der Waals surface area (Å²) < 4.78 is 0. The van der Waals surface area contributed by atoms with Crippen molar-refractivity contribution >= 4 is 17.5 Å². The molecule has 0 saturated carbocycles. The summed E-state index contributed by atoms with van der Waals surface area (Å²) in [5, 5.41) is 0.780. The first-order valence-electron chi connectivity index (χ1n) is 7.93. The van der Waals surface area contributed by atoms with Gasteiger partial charge in [-0.2, -0.15) is 0 Å². The predicted molar refractivity (Wildman–Crippen MR) is 87.5 cm³/mol. The van der Waals surface area contributed by atoms with Crippen LogP contribution in [0.25, 0.3) is 0 Å². The number of rotatable bonds is 5. The molecule has 0 aliphatic carbocycles. The molecular formula is C17H25ClN2O. The lowest BCUT2D eigenvalue weighted by Crippen LogP contribution is -2.34. The van der Waals surface area contributed by atoms with Crippen molar-refractivity contribution in [2.45, 2.75) is 39.2 Å². The summed E-state index contributed by atoms with van der Waals surface area (Å²) in [6.07, 6.45) is 3.85. The maximum Gasteiger partial charge on any atom is 0.222 e. The lowest BCUT2D eigenvalue weighted by molar-refractivity contribution is -0.131. The molecule has 1 saturated heterocycles. The summed E-state index contributed by atoms with van der Waals surface area (Å²) in [7, 11) is 0. The summed E-state index contributed by atoms with van der Waals surface area (Å²) >= 11 is 5.92. The molecule has 4 heteroatoms. The van der Waals surface area contributed by atoms with Crippen molar-refractivity contribution in [1.29, 1.82) is 0 Å². The van der Waals surface area contributed by atoms with Crippen molar-refractivity contribution < 1.29 is 4.79 Å². The van der Waals surface area contributed by atoms with Crippen LogP contribution in [0.5, 0.6) is 0 Å². The quantitative estimate of drug-likeness (QED) is 0.830. The third-order valence-electron chi connectivity index (χ3n) is 4.00. The zero-order valence-electron chi connectivity index (χ0n) is 12.9. The molecule has 0 spiro atoms. The van der Waals surface area contributed by atoms with E-state index < -0.39 is 0 Å². The molecule has 0 atom stereocenters. The number of carbonyl (C=O) groups excluding carboxylic acids is 1. The maximum absolute atomic E-state index is 12.1. The molecule has 1 aliphatic rings. The van der Waals surface area contributed by atoms with Gasteiger partial charge in [0.25, 0.3) is 0 Å². The Morgan fingerprint density at radius 2 is 1.90 bits per heavy atom. The minimum atomic E-state index is 0.324. The van der Waals surface area contributed by atoms with Crippen molar-refractivity contribution in [2.24, 2.45) is 0 Å². The molecular weight excluding hydrogens is 284 g/mol. The highest BCUT2D eigenvalue weighted by Gasteiger charge is 2.18. The number of nitrogens with zero attached hydrogens (tertiary/aromatic N) is 2. The van der Waals surface area contributed by atoms with Gasteiger partial charge in [-0.15, -0.1) is 0 Å². The van der Waals surface area contributed by atoms with E-state index in [-0.39, 0.29) is 0 Å². The van der Waals surface area contributed by atoms with Crippen LogP contribution in [0.3, 0.4) is 0 Å². The molecule has 21 heavy (non-hydrogen) atoms. The number of unbranched alkanes of at least 4 members (excludes halogenated alkanes) is 1. The van der Waals surface area contributed by atoms with Crippen molar-refractivity contribution in [1.82, 2.24) is 9.80 Å². The summed E-state index contributed by atoms with van der Waals surface area (Å²) in [6, 6.07) is 8.04. The van der Waals surface area contributed by atoms with Gasteiger partial charge in [0.2, 0.25) is 5.91 Å². The third-order valence-corrected chi connectivity index (χ3v) is 4.26. The number of benzene rings is 1. The molecule has 1 amide bonds. The monoisotopic (exact) mass is 308 g/mol. The Kier molecular flexibility index (Phi) is 6.52. The van der Waals surface area contributed by atoms with Crippen molar-refractivity contribution in [2.75, 3.05) is 26.2 Å². The molecule has 2 rings (SSSR count). The Morgan fingerprint density at radius 1 is 1.14 bits per heavy atom. The van der Waals surface area contributed by atoms with Gasteiger partial charge >= 0.3 is 0 Å². The summed E-state index contributed by atoms with van der Waals surface area (Å²) in [5.41, 5.74) is 1.28. The second-order valence-corrected chi connectivity index (χ2v) is 6.18. The van der Waals surface area contributed by atoms with Gasteiger partial charge in [-0.25, -0.2) is 0 Å². The van der Waals surface area contributed by atoms with Gasteiger partial charge in [-0.3, -0.25) is 9.69 Å². The zero-order chi connectivity index (χ0) is 15.1. The maximum atomic E-state index is 12.1. The van der Waals surface area contributed by atoms with Crippen LogP contribution in [0.15, 0.2) is 24.3 Å². The molecule has 0 N–H and O–H groups in total. The first-order valence-corrected chi connectivity index (χ1v) is 8.31. The highest BCUT2D eigenvalue weighted by Crippen LogP contribution is 2.13. The van der Waals surface area contributed by atoms with E-state index in [0.29, 0.717) is 12.3 Å². The number of halogens is 1. The van der Waals surface area contributed by atoms with E-state index in [1.807, 2.05) is 17.0 Å². The van der Waals surface area contributed by atoms with Gasteiger partial charge in [-0.1, -0.05) is 37.1 Å². The Bertz CT molecular complexity index is 447. The number of hydrogen-bond donors (Lipinski definition) is 0. The van der Waals surface area contributed by atoms with Crippen LogP contribution in [0.2, 0.25) is 5.02 Å². The van der Waals surface area contributed by atoms with Gasteiger partial charge in [-0.05, 0) is 30.5 Å². The van der Waals surface area contributed by atoms with Crippen LogP contribution in [0, 0.1) is 0 Å². The molecule has 3 nitrogen and oxygen atoms in total. The van der Waals surface area contributed by atoms with Gasteiger partial charge in [0.05, 0.1) is 0 Å². The van der Waals surface area contributed by atoms with Crippen LogP contribution < -0.4 is 0 Å². The second kappa shape index (κ2) is 8.40. The molecule has 116 valence electrons. The second-order valence-electron chi connectivity index (χ2n) is 5.74. The molecule has 0 bridgehead atoms. The molecule has 0 unspecified atom stereocenters. The largest absolute Gasteiger partial charge is 0.341 e. The van der Waals surface area contributed by atoms with E-state index >= 15 is 0 Å². The highest BCUT2D eigenvalue weighted by molar-refractivity contribution is 6.30. The fourth-order valence-electron chi connectivity index (χ4n) is 2.71. The molecule has 1 aliphatic heterocycles. The molecule has 0 radical (unpaired) electrons. The van der Waals surface area contributed by atoms with Gasteiger partial charge in [0.15, 0.2) is 0 Å². The molecule has 0 aromatic heterocycles. The highest BCUT2D eigenvalue weighted by atomic mass is 35.5. The molecule has 1 aromatic rings. The van der Waals surface area contributed by atoms with Crippen molar-refractivity contribution in [3.63, 3.8) is 0 Å². The Hall–Kier alpha value is -1.06. The van der Waals surface area contributed by atoms with E-state index in [0.717, 1.165) is 57.0 Å². The Morgan fingerprint density at radius 3 is 2.62 bits per heavy atom. The fraction of sp³-hybridized carbons (Fsp3) is 0.588. The smallest absolute Gasteiger partial charge is 0.222 e. The number of hydrogen-bond acceptors (Lipinski definition) is 2. The normalized spacial score (nSPS) is 16.8. The van der Waals surface area contributed by atoms with E-state index in [4.69, 9.17) is 11.6 Å². The Labute approximate surface area is 132 Å². The molecule has 1 aromatic carbocycles. The third kappa shape index (κ3) is 5.33. The van der Waals surface area contributed by atoms with Crippen LogP contribution in [0.4, 0.5) is 0 Å². The lowest BCUT2D eigenvalue weighted by atomic mass is 10.2. The van der Waals surface area contributed by atoms with Crippen molar-refractivity contribution in [3.8, 4) is 0 Å². The lowest BCUT2D eigenvalue weighted by Gasteiger charge is -2.22. The topological polar surface area (TPSA) is 23.6 Å². The fourth-order valence-corrected chi connectivity index (χ4v) is 2.84. The van der Waals surface area contributed by atoms with Crippen LogP contribution in [0.1, 0.15) is 38.2 Å². The van der Waals surface area contributed by atoms with Gasteiger partial charge < -0.3 is 4.90 Å². The number of carbonyl (C=O) groups is 1. The Balaban J connectivity index is 1.83. The summed E-state index contributed by atoms with van der Waals surface area (Å²) in [5.74, 6) is 0.324. The van der Waals surface area contributed by atoms with Crippen LogP contribution in [-0.4, -0.2) is 41.9 Å². The van der Waals surface area contributed by atoms with Crippen LogP contribution in [-0.2, 0) is 11.3 Å². The average molecular weight is 309 g/mol. The first kappa shape index (κ1) is 16.3. The zero-order valence-corrected chi connectivity index (χ0v) is 13.6. The summed E-state index contributed by atoms with van der Waals surface area (Å²) in [4.78, 5) is 16.6. The molecule has 1 fully saturated rings. The van der Waals surface area contributed by atoms with Gasteiger partial charge in [0, 0.05) is 44.2 Å². The van der Waals surface area contributed by atoms with E-state index in [2.05, 4.69) is 24.0 Å². The average Bonchev–Trinajstić information content (AvgIpc) is 2.73.